The Labute approximate surface area is 174 Å². The van der Waals surface area contributed by atoms with Crippen LogP contribution in [0.15, 0.2) is 30.3 Å². The standard InChI is InChI=1S/C24H36N2O3/c1-3-4-6-15-20(27)26-17-16-24(2,29)22(21(26)18-11-7-5-8-12-18)25-23(28)19-13-9-10-14-19/h5,7-8,11-12,19,21-22,29H,3-4,6,9-10,13-17H2,1-2H3,(H,25,28). The van der Waals surface area contributed by atoms with E-state index in [0.29, 0.717) is 19.4 Å². The Morgan fingerprint density at radius 2 is 1.86 bits per heavy atom. The number of carbonyl (C=O) groups excluding carboxylic acids is 2. The molecule has 2 aliphatic rings. The largest absolute Gasteiger partial charge is 0.388 e. The van der Waals surface area contributed by atoms with Crippen LogP contribution in [0, 0.1) is 5.92 Å². The normalized spacial score (nSPS) is 27.8. The van der Waals surface area contributed by atoms with Gasteiger partial charge in [-0.1, -0.05) is 62.9 Å². The summed E-state index contributed by atoms with van der Waals surface area (Å²) >= 11 is 0. The molecule has 2 amide bonds. The molecule has 2 N–H and O–H groups in total. The van der Waals surface area contributed by atoms with Crippen LogP contribution in [0.25, 0.3) is 0 Å². The van der Waals surface area contributed by atoms with Gasteiger partial charge in [0, 0.05) is 18.9 Å². The van der Waals surface area contributed by atoms with Gasteiger partial charge >= 0.3 is 0 Å². The Hall–Kier alpha value is -1.88. The summed E-state index contributed by atoms with van der Waals surface area (Å²) in [5.41, 5.74) is -0.0948. The summed E-state index contributed by atoms with van der Waals surface area (Å²) in [6.45, 7) is 4.43. The molecular formula is C24H36N2O3. The second-order valence-electron chi connectivity index (χ2n) is 8.97. The molecule has 1 aliphatic heterocycles. The third kappa shape index (κ3) is 5.19. The van der Waals surface area contributed by atoms with Gasteiger partial charge in [0.1, 0.15) is 0 Å². The number of aliphatic hydroxyl groups is 1. The summed E-state index contributed by atoms with van der Waals surface area (Å²) in [6, 6.07) is 8.98. The summed E-state index contributed by atoms with van der Waals surface area (Å²) in [6.07, 6.45) is 7.97. The fraction of sp³-hybridized carbons (Fsp3) is 0.667. The lowest BCUT2D eigenvalue weighted by Gasteiger charge is -2.49. The molecule has 1 saturated heterocycles. The topological polar surface area (TPSA) is 69.6 Å². The van der Waals surface area contributed by atoms with Crippen molar-refractivity contribution in [2.45, 2.75) is 89.3 Å². The van der Waals surface area contributed by atoms with Gasteiger partial charge in [-0.2, -0.15) is 0 Å². The maximum atomic E-state index is 13.1. The molecule has 1 aromatic carbocycles. The summed E-state index contributed by atoms with van der Waals surface area (Å²) in [4.78, 5) is 27.9. The van der Waals surface area contributed by atoms with Crippen molar-refractivity contribution in [3.8, 4) is 0 Å². The van der Waals surface area contributed by atoms with Crippen molar-refractivity contribution >= 4 is 11.8 Å². The van der Waals surface area contributed by atoms with Gasteiger partial charge in [-0.25, -0.2) is 0 Å². The van der Waals surface area contributed by atoms with Crippen molar-refractivity contribution in [2.75, 3.05) is 6.54 Å². The molecule has 0 aromatic heterocycles. The van der Waals surface area contributed by atoms with E-state index >= 15 is 0 Å². The molecular weight excluding hydrogens is 364 g/mol. The maximum absolute atomic E-state index is 13.1. The minimum absolute atomic E-state index is 0.0222. The summed E-state index contributed by atoms with van der Waals surface area (Å²) in [5.74, 6) is 0.162. The fourth-order valence-electron chi connectivity index (χ4n) is 4.83. The summed E-state index contributed by atoms with van der Waals surface area (Å²) in [7, 11) is 0. The molecule has 1 saturated carbocycles. The SMILES string of the molecule is CCCCCC(=O)N1CCC(C)(O)C(NC(=O)C2CCCC2)C1c1ccccc1. The molecule has 0 bridgehead atoms. The molecule has 0 radical (unpaired) electrons. The van der Waals surface area contributed by atoms with Crippen molar-refractivity contribution in [1.29, 1.82) is 0 Å². The van der Waals surface area contributed by atoms with Crippen LogP contribution in [0.1, 0.15) is 83.2 Å². The quantitative estimate of drug-likeness (QED) is 0.681. The van der Waals surface area contributed by atoms with E-state index in [9.17, 15) is 14.7 Å². The smallest absolute Gasteiger partial charge is 0.223 e. The number of piperidine rings is 1. The first-order chi connectivity index (χ1) is 13.9. The van der Waals surface area contributed by atoms with Gasteiger partial charge in [-0.05, 0) is 38.2 Å². The van der Waals surface area contributed by atoms with E-state index in [0.717, 1.165) is 50.5 Å². The minimum atomic E-state index is -1.06. The number of unbranched alkanes of at least 4 members (excludes halogenated alkanes) is 2. The van der Waals surface area contributed by atoms with Gasteiger partial charge in [0.25, 0.3) is 0 Å². The van der Waals surface area contributed by atoms with E-state index in [1.165, 1.54) is 0 Å². The first-order valence-corrected chi connectivity index (χ1v) is 11.3. The number of hydrogen-bond acceptors (Lipinski definition) is 3. The molecule has 3 rings (SSSR count). The highest BCUT2D eigenvalue weighted by Crippen LogP contribution is 2.38. The summed E-state index contributed by atoms with van der Waals surface area (Å²) < 4.78 is 0. The van der Waals surface area contributed by atoms with Crippen LogP contribution in [0.2, 0.25) is 0 Å². The van der Waals surface area contributed by atoms with Crippen molar-refractivity contribution in [3.63, 3.8) is 0 Å². The average molecular weight is 401 g/mol. The lowest BCUT2D eigenvalue weighted by molar-refractivity contribution is -0.147. The zero-order chi connectivity index (χ0) is 20.9. The Morgan fingerprint density at radius 3 is 2.52 bits per heavy atom. The highest BCUT2D eigenvalue weighted by molar-refractivity contribution is 5.80. The van der Waals surface area contributed by atoms with Gasteiger partial charge in [-0.15, -0.1) is 0 Å². The molecule has 3 atom stereocenters. The molecule has 1 heterocycles. The number of rotatable bonds is 7. The van der Waals surface area contributed by atoms with Gasteiger partial charge in [0.05, 0.1) is 17.7 Å². The third-order valence-electron chi connectivity index (χ3n) is 6.66. The van der Waals surface area contributed by atoms with Gasteiger partial charge in [0.15, 0.2) is 0 Å². The molecule has 1 aromatic rings. The highest BCUT2D eigenvalue weighted by Gasteiger charge is 2.48. The van der Waals surface area contributed by atoms with Crippen LogP contribution in [0.5, 0.6) is 0 Å². The maximum Gasteiger partial charge on any atom is 0.223 e. The predicted octanol–water partition coefficient (Wildman–Crippen LogP) is 3.97. The Kier molecular flexibility index (Phi) is 7.33. The van der Waals surface area contributed by atoms with E-state index in [-0.39, 0.29) is 23.8 Å². The second kappa shape index (κ2) is 9.75. The lowest BCUT2D eigenvalue weighted by atomic mass is 9.79. The number of amides is 2. The first-order valence-electron chi connectivity index (χ1n) is 11.3. The number of nitrogens with one attached hydrogen (secondary N) is 1. The Morgan fingerprint density at radius 1 is 1.17 bits per heavy atom. The first kappa shape index (κ1) is 21.8. The predicted molar refractivity (Wildman–Crippen MR) is 114 cm³/mol. The summed E-state index contributed by atoms with van der Waals surface area (Å²) in [5, 5.41) is 14.4. The number of carbonyl (C=O) groups is 2. The van der Waals surface area contributed by atoms with Crippen LogP contribution in [-0.4, -0.2) is 40.0 Å². The van der Waals surface area contributed by atoms with E-state index in [4.69, 9.17) is 0 Å². The zero-order valence-electron chi connectivity index (χ0n) is 17.9. The van der Waals surface area contributed by atoms with E-state index in [1.54, 1.807) is 6.92 Å². The minimum Gasteiger partial charge on any atom is -0.388 e. The second-order valence-corrected chi connectivity index (χ2v) is 8.97. The molecule has 2 fully saturated rings. The monoisotopic (exact) mass is 400 g/mol. The van der Waals surface area contributed by atoms with Crippen molar-refractivity contribution in [2.24, 2.45) is 5.92 Å². The van der Waals surface area contributed by atoms with Gasteiger partial charge < -0.3 is 15.3 Å². The van der Waals surface area contributed by atoms with Crippen LogP contribution in [-0.2, 0) is 9.59 Å². The molecule has 5 heteroatoms. The highest BCUT2D eigenvalue weighted by atomic mass is 16.3. The molecule has 5 nitrogen and oxygen atoms in total. The van der Waals surface area contributed by atoms with E-state index in [2.05, 4.69) is 12.2 Å². The number of hydrogen-bond donors (Lipinski definition) is 2. The van der Waals surface area contributed by atoms with E-state index in [1.807, 2.05) is 35.2 Å². The van der Waals surface area contributed by atoms with Crippen molar-refractivity contribution < 1.29 is 14.7 Å². The van der Waals surface area contributed by atoms with E-state index < -0.39 is 11.6 Å². The average Bonchev–Trinajstić information content (AvgIpc) is 3.25. The number of nitrogens with zero attached hydrogens (tertiary/aromatic N) is 1. The van der Waals surface area contributed by atoms with Crippen LogP contribution >= 0.6 is 0 Å². The molecule has 160 valence electrons. The number of benzene rings is 1. The van der Waals surface area contributed by atoms with Crippen LogP contribution in [0.4, 0.5) is 0 Å². The zero-order valence-corrected chi connectivity index (χ0v) is 17.9. The van der Waals surface area contributed by atoms with Crippen molar-refractivity contribution in [1.82, 2.24) is 10.2 Å². The lowest BCUT2D eigenvalue weighted by Crippen LogP contribution is -2.63. The van der Waals surface area contributed by atoms with Gasteiger partial charge in [0.2, 0.25) is 11.8 Å². The fourth-order valence-corrected chi connectivity index (χ4v) is 4.83. The third-order valence-corrected chi connectivity index (χ3v) is 6.66. The van der Waals surface area contributed by atoms with Crippen LogP contribution in [0.3, 0.4) is 0 Å². The molecule has 29 heavy (non-hydrogen) atoms. The van der Waals surface area contributed by atoms with Crippen LogP contribution < -0.4 is 5.32 Å². The molecule has 1 aliphatic carbocycles. The van der Waals surface area contributed by atoms with Crippen molar-refractivity contribution in [3.05, 3.63) is 35.9 Å². The molecule has 3 unspecified atom stereocenters. The Bertz CT molecular complexity index is 683. The number of likely N-dealkylation sites (tertiary alicyclic amines) is 1. The molecule has 0 spiro atoms. The van der Waals surface area contributed by atoms with Gasteiger partial charge in [-0.3, -0.25) is 9.59 Å². The Balaban J connectivity index is 1.87.